The summed E-state index contributed by atoms with van der Waals surface area (Å²) in [5.41, 5.74) is 3.27. The average molecular weight is 494 g/mol. The third-order valence-electron chi connectivity index (χ3n) is 6.70. The van der Waals surface area contributed by atoms with Gasteiger partial charge in [0.1, 0.15) is 11.6 Å². The van der Waals surface area contributed by atoms with Crippen molar-refractivity contribution >= 4 is 16.9 Å². The summed E-state index contributed by atoms with van der Waals surface area (Å²) in [7, 11) is 1.38. The zero-order valence-corrected chi connectivity index (χ0v) is 19.6. The van der Waals surface area contributed by atoms with E-state index in [2.05, 4.69) is 0 Å². The van der Waals surface area contributed by atoms with E-state index in [0.29, 0.717) is 47.4 Å². The molecule has 1 fully saturated rings. The van der Waals surface area contributed by atoms with Crippen molar-refractivity contribution in [1.29, 1.82) is 0 Å². The number of fused-ring (bicyclic) bond motifs is 1. The van der Waals surface area contributed by atoms with Gasteiger partial charge in [-0.1, -0.05) is 12.1 Å². The summed E-state index contributed by atoms with van der Waals surface area (Å²) in [6.45, 7) is 1.17. The van der Waals surface area contributed by atoms with Gasteiger partial charge in [0, 0.05) is 48.2 Å². The average Bonchev–Trinajstić information content (AvgIpc) is 3.00. The van der Waals surface area contributed by atoms with Crippen LogP contribution >= 0.6 is 0 Å². The summed E-state index contributed by atoms with van der Waals surface area (Å²) in [5.74, 6) is -2.41. The highest BCUT2D eigenvalue weighted by Crippen LogP contribution is 2.47. The largest absolute Gasteiger partial charge is 0.507 e. The van der Waals surface area contributed by atoms with Crippen LogP contribution in [-0.4, -0.2) is 41.1 Å². The first kappa shape index (κ1) is 23.8. The van der Waals surface area contributed by atoms with E-state index in [4.69, 9.17) is 9.47 Å². The first-order valence-corrected chi connectivity index (χ1v) is 11.7. The molecule has 0 bridgehead atoms. The number of phenols is 1. The van der Waals surface area contributed by atoms with E-state index in [1.807, 2.05) is 4.57 Å². The Labute approximate surface area is 206 Å². The number of hydrogen-bond donors (Lipinski definition) is 2. The summed E-state index contributed by atoms with van der Waals surface area (Å²) in [4.78, 5) is 11.4. The summed E-state index contributed by atoms with van der Waals surface area (Å²) in [6.07, 6.45) is 2.30. The van der Waals surface area contributed by atoms with E-state index >= 15 is 0 Å². The van der Waals surface area contributed by atoms with Gasteiger partial charge in [-0.2, -0.15) is 0 Å². The fourth-order valence-corrected chi connectivity index (χ4v) is 5.08. The topological polar surface area (TPSA) is 80.9 Å². The van der Waals surface area contributed by atoms with Crippen molar-refractivity contribution in [3.63, 3.8) is 0 Å². The Morgan fingerprint density at radius 2 is 1.83 bits per heavy atom. The minimum absolute atomic E-state index is 0.0208. The maximum atomic E-state index is 14.7. The number of aromatic nitrogens is 1. The molecule has 0 aliphatic carbocycles. The van der Waals surface area contributed by atoms with Crippen molar-refractivity contribution in [3.05, 3.63) is 77.5 Å². The maximum absolute atomic E-state index is 14.7. The molecule has 1 aromatic heterocycles. The Morgan fingerprint density at radius 3 is 2.56 bits per heavy atom. The summed E-state index contributed by atoms with van der Waals surface area (Å²) < 4.78 is 41.7. The molecule has 1 aliphatic heterocycles. The van der Waals surface area contributed by atoms with Crippen LogP contribution in [-0.2, 0) is 4.74 Å². The Bertz CT molecular complexity index is 1440. The van der Waals surface area contributed by atoms with Gasteiger partial charge in [0.2, 0.25) is 0 Å². The number of nitrogens with zero attached hydrogens (tertiary/aromatic N) is 1. The molecule has 1 aliphatic rings. The third-order valence-corrected chi connectivity index (χ3v) is 6.70. The van der Waals surface area contributed by atoms with Gasteiger partial charge in [-0.05, 0) is 55.2 Å². The molecule has 3 aromatic carbocycles. The molecule has 1 saturated heterocycles. The van der Waals surface area contributed by atoms with Gasteiger partial charge >= 0.3 is 5.97 Å². The van der Waals surface area contributed by atoms with Crippen molar-refractivity contribution < 1.29 is 33.3 Å². The molecular formula is C28H25F2NO5. The number of aromatic hydroxyl groups is 1. The lowest BCUT2D eigenvalue weighted by Crippen LogP contribution is -2.09. The highest BCUT2D eigenvalue weighted by atomic mass is 19.1. The van der Waals surface area contributed by atoms with Gasteiger partial charge in [-0.25, -0.2) is 13.6 Å². The molecule has 36 heavy (non-hydrogen) atoms. The molecule has 5 rings (SSSR count). The number of carbonyl (C=O) groups is 1. The number of carboxylic acids is 1. The molecule has 1 unspecified atom stereocenters. The predicted octanol–water partition coefficient (Wildman–Crippen LogP) is 6.27. The van der Waals surface area contributed by atoms with Crippen molar-refractivity contribution in [1.82, 2.24) is 4.57 Å². The second-order valence-electron chi connectivity index (χ2n) is 8.86. The summed E-state index contributed by atoms with van der Waals surface area (Å²) in [5, 5.41) is 20.8. The maximum Gasteiger partial charge on any atom is 0.335 e. The van der Waals surface area contributed by atoms with E-state index in [-0.39, 0.29) is 23.0 Å². The Balaban J connectivity index is 1.89. The van der Waals surface area contributed by atoms with Crippen LogP contribution in [0.4, 0.5) is 8.78 Å². The van der Waals surface area contributed by atoms with E-state index in [1.54, 1.807) is 24.3 Å². The molecule has 4 aromatic rings. The van der Waals surface area contributed by atoms with Crippen LogP contribution in [0, 0.1) is 11.6 Å². The van der Waals surface area contributed by atoms with Crippen LogP contribution in [0.1, 0.15) is 41.2 Å². The lowest BCUT2D eigenvalue weighted by atomic mass is 9.90. The quantitative estimate of drug-likeness (QED) is 0.342. The standard InChI is InChI=1S/C28H25F2NO5/c1-35-24-15-20(8-9-21(24)30)31-22-13-19(29)14-23(32)26(22)25(16-4-6-18(7-5-16)28(33)34)27(31)17-3-2-11-36-12-10-17/h4-9,13-15,17,32H,2-3,10-12H2,1H3,(H,33,34). The molecule has 6 nitrogen and oxygen atoms in total. The number of aromatic carboxylic acids is 1. The van der Waals surface area contributed by atoms with Gasteiger partial charge < -0.3 is 24.3 Å². The zero-order valence-electron chi connectivity index (χ0n) is 19.6. The first-order chi connectivity index (χ1) is 17.4. The van der Waals surface area contributed by atoms with Gasteiger partial charge in [0.25, 0.3) is 0 Å². The second kappa shape index (κ2) is 9.62. The first-order valence-electron chi connectivity index (χ1n) is 11.7. The van der Waals surface area contributed by atoms with Crippen LogP contribution in [0.3, 0.4) is 0 Å². The molecule has 186 valence electrons. The van der Waals surface area contributed by atoms with Crippen LogP contribution in [0.15, 0.2) is 54.6 Å². The molecule has 0 saturated carbocycles. The summed E-state index contributed by atoms with van der Waals surface area (Å²) in [6, 6.07) is 13.2. The minimum atomic E-state index is -1.05. The molecule has 2 heterocycles. The number of carboxylic acid groups (broad SMARTS) is 1. The molecule has 0 amide bonds. The number of halogens is 2. The predicted molar refractivity (Wildman–Crippen MR) is 131 cm³/mol. The Kier molecular flexibility index (Phi) is 6.36. The van der Waals surface area contributed by atoms with Crippen molar-refractivity contribution in [3.8, 4) is 28.3 Å². The van der Waals surface area contributed by atoms with E-state index in [9.17, 15) is 23.8 Å². The van der Waals surface area contributed by atoms with Crippen LogP contribution in [0.5, 0.6) is 11.5 Å². The van der Waals surface area contributed by atoms with Crippen LogP contribution in [0.2, 0.25) is 0 Å². The van der Waals surface area contributed by atoms with Crippen LogP contribution in [0.25, 0.3) is 27.7 Å². The van der Waals surface area contributed by atoms with E-state index < -0.39 is 17.6 Å². The van der Waals surface area contributed by atoms with E-state index in [0.717, 1.165) is 24.6 Å². The smallest absolute Gasteiger partial charge is 0.335 e. The van der Waals surface area contributed by atoms with Crippen molar-refractivity contribution in [2.45, 2.75) is 25.2 Å². The van der Waals surface area contributed by atoms with Gasteiger partial charge in [0.15, 0.2) is 11.6 Å². The lowest BCUT2D eigenvalue weighted by molar-refractivity contribution is 0.0697. The number of hydrogen-bond acceptors (Lipinski definition) is 4. The molecular weight excluding hydrogens is 468 g/mol. The highest BCUT2D eigenvalue weighted by Gasteiger charge is 2.29. The second-order valence-corrected chi connectivity index (χ2v) is 8.86. The third kappa shape index (κ3) is 4.18. The molecule has 2 N–H and O–H groups in total. The lowest BCUT2D eigenvalue weighted by Gasteiger charge is -2.21. The zero-order chi connectivity index (χ0) is 25.4. The Morgan fingerprint density at radius 1 is 1.06 bits per heavy atom. The van der Waals surface area contributed by atoms with Crippen molar-refractivity contribution in [2.75, 3.05) is 20.3 Å². The number of rotatable bonds is 5. The normalized spacial score (nSPS) is 16.1. The Hall–Kier alpha value is -3.91. The number of phenolic OH excluding ortho intramolecular Hbond substituents is 1. The highest BCUT2D eigenvalue weighted by molar-refractivity contribution is 6.03. The fraction of sp³-hybridized carbons (Fsp3) is 0.250. The molecule has 0 spiro atoms. The molecule has 1 atom stereocenters. The van der Waals surface area contributed by atoms with Gasteiger partial charge in [0.05, 0.1) is 23.6 Å². The van der Waals surface area contributed by atoms with E-state index in [1.165, 1.54) is 31.4 Å². The minimum Gasteiger partial charge on any atom is -0.507 e. The molecule has 8 heteroatoms. The number of benzene rings is 3. The van der Waals surface area contributed by atoms with Gasteiger partial charge in [-0.3, -0.25) is 0 Å². The number of ether oxygens (including phenoxy) is 2. The SMILES string of the molecule is COc1cc(-n2c(C3CCCOCC3)c(-c3ccc(C(=O)O)cc3)c3c(O)cc(F)cc32)ccc1F. The van der Waals surface area contributed by atoms with Crippen LogP contribution < -0.4 is 4.74 Å². The molecule has 0 radical (unpaired) electrons. The fourth-order valence-electron chi connectivity index (χ4n) is 5.08. The summed E-state index contributed by atoms with van der Waals surface area (Å²) >= 11 is 0. The number of methoxy groups -OCH3 is 1. The monoisotopic (exact) mass is 493 g/mol. The van der Waals surface area contributed by atoms with Crippen molar-refractivity contribution in [2.24, 2.45) is 0 Å². The van der Waals surface area contributed by atoms with Gasteiger partial charge in [-0.15, -0.1) is 0 Å².